The van der Waals surface area contributed by atoms with E-state index >= 15 is 0 Å². The predicted octanol–water partition coefficient (Wildman–Crippen LogP) is 1.05. The van der Waals surface area contributed by atoms with E-state index in [1.807, 2.05) is 24.3 Å². The van der Waals surface area contributed by atoms with Crippen molar-refractivity contribution in [3.05, 3.63) is 58.0 Å². The molecule has 2 aromatic heterocycles. The number of carbonyl (C=O) groups is 1. The van der Waals surface area contributed by atoms with Crippen molar-refractivity contribution in [2.45, 2.75) is 26.9 Å². The Kier molecular flexibility index (Phi) is 3.92. The Balaban J connectivity index is 1.66. The van der Waals surface area contributed by atoms with Gasteiger partial charge in [0.15, 0.2) is 0 Å². The quantitative estimate of drug-likeness (QED) is 0.753. The van der Waals surface area contributed by atoms with Gasteiger partial charge in [0.2, 0.25) is 5.91 Å². The molecule has 0 saturated carbocycles. The SMILES string of the molecule is Cc1ncn(CC(=O)NCc2nc3ccccc3[nH]2)c(=O)c1C. The maximum absolute atomic E-state index is 12.0. The second-order valence-corrected chi connectivity index (χ2v) is 5.37. The Morgan fingerprint density at radius 1 is 1.30 bits per heavy atom. The predicted molar refractivity (Wildman–Crippen MR) is 85.9 cm³/mol. The molecule has 7 nitrogen and oxygen atoms in total. The first kappa shape index (κ1) is 15.0. The molecule has 118 valence electrons. The molecular weight excluding hydrogens is 294 g/mol. The van der Waals surface area contributed by atoms with E-state index in [4.69, 9.17) is 0 Å². The van der Waals surface area contributed by atoms with Crippen LogP contribution in [0.15, 0.2) is 35.4 Å². The molecule has 0 spiro atoms. The summed E-state index contributed by atoms with van der Waals surface area (Å²) in [5.74, 6) is 0.405. The fraction of sp³-hybridized carbons (Fsp3) is 0.250. The Morgan fingerprint density at radius 2 is 2.09 bits per heavy atom. The molecule has 1 amide bonds. The van der Waals surface area contributed by atoms with Gasteiger partial charge in [0.05, 0.1) is 23.9 Å². The van der Waals surface area contributed by atoms with Crippen molar-refractivity contribution in [3.63, 3.8) is 0 Å². The zero-order valence-corrected chi connectivity index (χ0v) is 13.0. The van der Waals surface area contributed by atoms with Crippen LogP contribution in [0.1, 0.15) is 17.1 Å². The third-order valence-electron chi connectivity index (χ3n) is 3.72. The third-order valence-corrected chi connectivity index (χ3v) is 3.72. The summed E-state index contributed by atoms with van der Waals surface area (Å²) < 4.78 is 1.30. The molecule has 3 rings (SSSR count). The fourth-order valence-corrected chi connectivity index (χ4v) is 2.27. The molecule has 1 aromatic carbocycles. The fourth-order valence-electron chi connectivity index (χ4n) is 2.27. The number of hydrogen-bond acceptors (Lipinski definition) is 4. The number of nitrogens with zero attached hydrogens (tertiary/aromatic N) is 3. The number of aromatic amines is 1. The Hall–Kier alpha value is -2.96. The maximum atomic E-state index is 12.0. The van der Waals surface area contributed by atoms with Crippen molar-refractivity contribution >= 4 is 16.9 Å². The smallest absolute Gasteiger partial charge is 0.256 e. The van der Waals surface area contributed by atoms with Gasteiger partial charge < -0.3 is 10.3 Å². The average molecular weight is 311 g/mol. The van der Waals surface area contributed by atoms with E-state index in [1.54, 1.807) is 13.8 Å². The monoisotopic (exact) mass is 311 g/mol. The lowest BCUT2D eigenvalue weighted by Gasteiger charge is -2.07. The number of aryl methyl sites for hydroxylation is 1. The van der Waals surface area contributed by atoms with Crippen molar-refractivity contribution in [1.82, 2.24) is 24.8 Å². The molecule has 0 saturated heterocycles. The van der Waals surface area contributed by atoms with Crippen LogP contribution in [0.2, 0.25) is 0 Å². The van der Waals surface area contributed by atoms with E-state index in [-0.39, 0.29) is 24.6 Å². The van der Waals surface area contributed by atoms with Crippen molar-refractivity contribution < 1.29 is 4.79 Å². The average Bonchev–Trinajstić information content (AvgIpc) is 2.96. The van der Waals surface area contributed by atoms with E-state index < -0.39 is 0 Å². The Bertz CT molecular complexity index is 893. The number of hydrogen-bond donors (Lipinski definition) is 2. The number of para-hydroxylation sites is 2. The van der Waals surface area contributed by atoms with Crippen LogP contribution in [0.5, 0.6) is 0 Å². The number of aromatic nitrogens is 4. The molecule has 0 aliphatic rings. The standard InChI is InChI=1S/C16H17N5O2/c1-10-11(2)18-9-21(16(10)23)8-15(22)17-7-14-19-12-5-3-4-6-13(12)20-14/h3-6,9H,7-8H2,1-2H3,(H,17,22)(H,19,20). The highest BCUT2D eigenvalue weighted by Gasteiger charge is 2.09. The number of H-pyrrole nitrogens is 1. The van der Waals surface area contributed by atoms with Crippen LogP contribution in [0.25, 0.3) is 11.0 Å². The largest absolute Gasteiger partial charge is 0.347 e. The summed E-state index contributed by atoms with van der Waals surface area (Å²) in [7, 11) is 0. The number of fused-ring (bicyclic) bond motifs is 1. The van der Waals surface area contributed by atoms with Crippen molar-refractivity contribution in [2.75, 3.05) is 0 Å². The number of benzene rings is 1. The number of carbonyl (C=O) groups excluding carboxylic acids is 1. The van der Waals surface area contributed by atoms with Crippen molar-refractivity contribution in [2.24, 2.45) is 0 Å². The molecule has 0 radical (unpaired) electrons. The molecule has 2 heterocycles. The lowest BCUT2D eigenvalue weighted by atomic mass is 10.3. The van der Waals surface area contributed by atoms with Gasteiger partial charge in [-0.15, -0.1) is 0 Å². The summed E-state index contributed by atoms with van der Waals surface area (Å²) in [5.41, 5.74) is 2.81. The summed E-state index contributed by atoms with van der Waals surface area (Å²) in [6, 6.07) is 7.65. The van der Waals surface area contributed by atoms with E-state index in [1.165, 1.54) is 10.9 Å². The number of rotatable bonds is 4. The van der Waals surface area contributed by atoms with Gasteiger partial charge in [-0.2, -0.15) is 0 Å². The van der Waals surface area contributed by atoms with Gasteiger partial charge in [0.1, 0.15) is 12.4 Å². The molecule has 2 N–H and O–H groups in total. The Morgan fingerprint density at radius 3 is 2.87 bits per heavy atom. The lowest BCUT2D eigenvalue weighted by molar-refractivity contribution is -0.121. The summed E-state index contributed by atoms with van der Waals surface area (Å²) >= 11 is 0. The first-order valence-corrected chi connectivity index (χ1v) is 7.27. The lowest BCUT2D eigenvalue weighted by Crippen LogP contribution is -2.33. The van der Waals surface area contributed by atoms with Crippen LogP contribution in [0, 0.1) is 13.8 Å². The third kappa shape index (κ3) is 3.13. The summed E-state index contributed by atoms with van der Waals surface area (Å²) in [6.45, 7) is 3.68. The molecular formula is C16H17N5O2. The summed E-state index contributed by atoms with van der Waals surface area (Å²) in [4.78, 5) is 35.7. The highest BCUT2D eigenvalue weighted by Crippen LogP contribution is 2.09. The molecule has 0 aliphatic heterocycles. The molecule has 0 aliphatic carbocycles. The minimum Gasteiger partial charge on any atom is -0.347 e. The minimum absolute atomic E-state index is 0.0623. The number of amides is 1. The molecule has 23 heavy (non-hydrogen) atoms. The van der Waals surface area contributed by atoms with Gasteiger partial charge in [-0.1, -0.05) is 12.1 Å². The molecule has 0 bridgehead atoms. The molecule has 3 aromatic rings. The van der Waals surface area contributed by atoms with E-state index in [0.29, 0.717) is 17.1 Å². The van der Waals surface area contributed by atoms with Gasteiger partial charge >= 0.3 is 0 Å². The van der Waals surface area contributed by atoms with Gasteiger partial charge in [-0.25, -0.2) is 9.97 Å². The highest BCUT2D eigenvalue weighted by molar-refractivity contribution is 5.76. The van der Waals surface area contributed by atoms with Crippen LogP contribution in [0.3, 0.4) is 0 Å². The minimum atomic E-state index is -0.266. The maximum Gasteiger partial charge on any atom is 0.256 e. The van der Waals surface area contributed by atoms with E-state index in [9.17, 15) is 9.59 Å². The summed E-state index contributed by atoms with van der Waals surface area (Å²) in [6.07, 6.45) is 1.39. The van der Waals surface area contributed by atoms with Crippen LogP contribution in [-0.4, -0.2) is 25.4 Å². The van der Waals surface area contributed by atoms with Crippen molar-refractivity contribution in [1.29, 1.82) is 0 Å². The van der Waals surface area contributed by atoms with Crippen LogP contribution < -0.4 is 10.9 Å². The topological polar surface area (TPSA) is 92.7 Å². The molecule has 7 heteroatoms. The molecule has 0 fully saturated rings. The first-order chi connectivity index (χ1) is 11.0. The highest BCUT2D eigenvalue weighted by atomic mass is 16.2. The van der Waals surface area contributed by atoms with Crippen LogP contribution in [0.4, 0.5) is 0 Å². The zero-order valence-electron chi connectivity index (χ0n) is 13.0. The van der Waals surface area contributed by atoms with Gasteiger partial charge in [-0.05, 0) is 26.0 Å². The van der Waals surface area contributed by atoms with Crippen LogP contribution in [-0.2, 0) is 17.9 Å². The van der Waals surface area contributed by atoms with Crippen molar-refractivity contribution in [3.8, 4) is 0 Å². The number of nitrogens with one attached hydrogen (secondary N) is 2. The normalized spacial score (nSPS) is 10.9. The first-order valence-electron chi connectivity index (χ1n) is 7.27. The molecule has 0 atom stereocenters. The second-order valence-electron chi connectivity index (χ2n) is 5.37. The summed E-state index contributed by atoms with van der Waals surface area (Å²) in [5, 5.41) is 2.75. The van der Waals surface area contributed by atoms with E-state index in [0.717, 1.165) is 11.0 Å². The number of imidazole rings is 1. The zero-order chi connectivity index (χ0) is 16.4. The van der Waals surface area contributed by atoms with Gasteiger partial charge in [-0.3, -0.25) is 14.2 Å². The van der Waals surface area contributed by atoms with Gasteiger partial charge in [0.25, 0.3) is 5.56 Å². The molecule has 0 unspecified atom stereocenters. The second kappa shape index (κ2) is 6.04. The van der Waals surface area contributed by atoms with Crippen LogP contribution >= 0.6 is 0 Å². The Labute approximate surface area is 132 Å². The van der Waals surface area contributed by atoms with E-state index in [2.05, 4.69) is 20.3 Å². The van der Waals surface area contributed by atoms with Gasteiger partial charge in [0, 0.05) is 11.3 Å².